The molecule has 2 heterocycles. The monoisotopic (exact) mass is 207 g/mol. The summed E-state index contributed by atoms with van der Waals surface area (Å²) >= 11 is 1.28. The number of aromatic nitrogens is 4. The van der Waals surface area contributed by atoms with E-state index in [0.29, 0.717) is 0 Å². The maximum Gasteiger partial charge on any atom is 0.227 e. The van der Waals surface area contributed by atoms with Gasteiger partial charge >= 0.3 is 0 Å². The molecule has 0 amide bonds. The summed E-state index contributed by atoms with van der Waals surface area (Å²) in [5.74, 6) is 0. The van der Waals surface area contributed by atoms with Crippen molar-refractivity contribution in [2.75, 3.05) is 11.9 Å². The normalized spacial score (nSPS) is 10.1. The van der Waals surface area contributed by atoms with Gasteiger partial charge in [-0.2, -0.15) is 0 Å². The van der Waals surface area contributed by atoms with Crippen LogP contribution in [-0.2, 0) is 6.54 Å². The van der Waals surface area contributed by atoms with Crippen LogP contribution >= 0.6 is 11.5 Å². The van der Waals surface area contributed by atoms with Gasteiger partial charge in [-0.1, -0.05) is 15.7 Å². The predicted octanol–water partition coefficient (Wildman–Crippen LogP) is 0.965. The van der Waals surface area contributed by atoms with E-state index in [0.717, 1.165) is 17.2 Å². The molecule has 0 spiro atoms. The Labute approximate surface area is 85.6 Å². The number of hydrogen-bond acceptors (Lipinski definition) is 6. The third kappa shape index (κ3) is 2.02. The van der Waals surface area contributed by atoms with Crippen molar-refractivity contribution in [1.29, 1.82) is 0 Å². The Balaban J connectivity index is 2.06. The third-order valence-electron chi connectivity index (χ3n) is 1.76. The van der Waals surface area contributed by atoms with Gasteiger partial charge in [-0.15, -0.1) is 0 Å². The van der Waals surface area contributed by atoms with Crippen LogP contribution in [0.4, 0.5) is 5.13 Å². The van der Waals surface area contributed by atoms with Crippen molar-refractivity contribution in [3.05, 3.63) is 30.1 Å². The van der Waals surface area contributed by atoms with Crippen molar-refractivity contribution in [1.82, 2.24) is 19.8 Å². The number of rotatable bonds is 3. The predicted molar refractivity (Wildman–Crippen MR) is 54.0 cm³/mol. The minimum absolute atomic E-state index is 0.769. The highest BCUT2D eigenvalue weighted by molar-refractivity contribution is 7.09. The summed E-state index contributed by atoms with van der Waals surface area (Å²) in [5, 5.41) is 8.24. The van der Waals surface area contributed by atoms with E-state index in [1.54, 1.807) is 6.20 Å². The van der Waals surface area contributed by atoms with Gasteiger partial charge in [0, 0.05) is 37.5 Å². The van der Waals surface area contributed by atoms with Crippen LogP contribution in [0.3, 0.4) is 0 Å². The molecule has 0 saturated carbocycles. The summed E-state index contributed by atoms with van der Waals surface area (Å²) in [6.07, 6.45) is 3.60. The fraction of sp³-hybridized carbons (Fsp3) is 0.250. The molecule has 0 fully saturated rings. The second kappa shape index (κ2) is 4.10. The zero-order valence-corrected chi connectivity index (χ0v) is 8.48. The Morgan fingerprint density at radius 1 is 1.50 bits per heavy atom. The first-order valence-electron chi connectivity index (χ1n) is 4.11. The molecule has 5 nitrogen and oxygen atoms in total. The molecular formula is C8H9N5S. The maximum atomic E-state index is 4.04. The molecule has 0 aliphatic carbocycles. The van der Waals surface area contributed by atoms with E-state index in [-0.39, 0.29) is 0 Å². The van der Waals surface area contributed by atoms with Crippen LogP contribution in [0.15, 0.2) is 24.5 Å². The lowest BCUT2D eigenvalue weighted by Crippen LogP contribution is -2.16. The van der Waals surface area contributed by atoms with Gasteiger partial charge < -0.3 is 4.90 Å². The Morgan fingerprint density at radius 3 is 3.07 bits per heavy atom. The molecule has 0 N–H and O–H groups in total. The van der Waals surface area contributed by atoms with Gasteiger partial charge in [0.05, 0.1) is 0 Å². The van der Waals surface area contributed by atoms with E-state index in [9.17, 15) is 0 Å². The van der Waals surface area contributed by atoms with E-state index in [4.69, 9.17) is 0 Å². The number of hydrogen-bond donors (Lipinski definition) is 0. The fourth-order valence-corrected chi connectivity index (χ4v) is 1.53. The second-order valence-electron chi connectivity index (χ2n) is 2.86. The molecule has 0 unspecified atom stereocenters. The molecule has 0 bridgehead atoms. The van der Waals surface area contributed by atoms with Crippen LogP contribution in [0.25, 0.3) is 0 Å². The molecule has 0 atom stereocenters. The molecule has 2 rings (SSSR count). The van der Waals surface area contributed by atoms with E-state index >= 15 is 0 Å². The van der Waals surface area contributed by atoms with Crippen molar-refractivity contribution in [3.63, 3.8) is 0 Å². The zero-order valence-electron chi connectivity index (χ0n) is 7.66. The summed E-state index contributed by atoms with van der Waals surface area (Å²) in [5.41, 5.74) is 1.14. The van der Waals surface area contributed by atoms with E-state index in [2.05, 4.69) is 19.8 Å². The first-order valence-corrected chi connectivity index (χ1v) is 4.88. The average Bonchev–Trinajstić information content (AvgIpc) is 2.72. The topological polar surface area (TPSA) is 54.8 Å². The van der Waals surface area contributed by atoms with Crippen LogP contribution < -0.4 is 4.90 Å². The van der Waals surface area contributed by atoms with Gasteiger partial charge in [-0.05, 0) is 16.8 Å². The molecule has 72 valence electrons. The number of nitrogens with zero attached hydrogens (tertiary/aromatic N) is 5. The Morgan fingerprint density at radius 2 is 2.43 bits per heavy atom. The molecule has 6 heteroatoms. The van der Waals surface area contributed by atoms with Crippen molar-refractivity contribution < 1.29 is 0 Å². The number of pyridine rings is 1. The first-order chi connectivity index (χ1) is 6.86. The van der Waals surface area contributed by atoms with Crippen LogP contribution in [0.5, 0.6) is 0 Å². The molecule has 0 aliphatic heterocycles. The van der Waals surface area contributed by atoms with Crippen LogP contribution in [0.2, 0.25) is 0 Å². The molecule has 0 aliphatic rings. The first kappa shape index (κ1) is 9.01. The Hall–Kier alpha value is -1.56. The molecule has 2 aromatic heterocycles. The highest BCUT2D eigenvalue weighted by Crippen LogP contribution is 2.13. The van der Waals surface area contributed by atoms with Crippen molar-refractivity contribution in [2.45, 2.75) is 6.54 Å². The minimum Gasteiger partial charge on any atom is -0.344 e. The quantitative estimate of drug-likeness (QED) is 0.750. The largest absolute Gasteiger partial charge is 0.344 e. The van der Waals surface area contributed by atoms with Crippen molar-refractivity contribution >= 4 is 16.7 Å². The van der Waals surface area contributed by atoms with Crippen LogP contribution in [0, 0.1) is 0 Å². The molecule has 0 radical (unpaired) electrons. The zero-order chi connectivity index (χ0) is 9.80. The summed E-state index contributed by atoms with van der Waals surface area (Å²) < 4.78 is 3.71. The van der Waals surface area contributed by atoms with Gasteiger partial charge in [0.2, 0.25) is 5.13 Å². The third-order valence-corrected chi connectivity index (χ3v) is 2.47. The van der Waals surface area contributed by atoms with Gasteiger partial charge in [0.1, 0.15) is 0 Å². The highest BCUT2D eigenvalue weighted by Gasteiger charge is 2.05. The average molecular weight is 207 g/mol. The minimum atomic E-state index is 0.769. The maximum absolute atomic E-state index is 4.04. The highest BCUT2D eigenvalue weighted by atomic mass is 32.1. The summed E-state index contributed by atoms with van der Waals surface area (Å²) in [6, 6.07) is 3.94. The Bertz CT molecular complexity index is 374. The summed E-state index contributed by atoms with van der Waals surface area (Å²) in [7, 11) is 1.95. The Kier molecular flexibility index (Phi) is 2.64. The molecular weight excluding hydrogens is 198 g/mol. The summed E-state index contributed by atoms with van der Waals surface area (Å²) in [6.45, 7) is 0.769. The molecule has 14 heavy (non-hydrogen) atoms. The fourth-order valence-electron chi connectivity index (χ4n) is 1.11. The smallest absolute Gasteiger partial charge is 0.227 e. The standard InChI is InChI=1S/C8H9N5S/c1-13(8-10-11-12-14-8)6-7-3-2-4-9-5-7/h2-5H,6H2,1H3. The SMILES string of the molecule is CN(Cc1cccnc1)c1nnns1. The van der Waals surface area contributed by atoms with Gasteiger partial charge in [-0.25, -0.2) is 0 Å². The van der Waals surface area contributed by atoms with E-state index in [1.165, 1.54) is 11.5 Å². The molecule has 0 aromatic carbocycles. The van der Waals surface area contributed by atoms with E-state index < -0.39 is 0 Å². The number of anilines is 1. The summed E-state index contributed by atoms with van der Waals surface area (Å²) in [4.78, 5) is 6.03. The molecule has 2 aromatic rings. The lowest BCUT2D eigenvalue weighted by Gasteiger charge is -2.13. The van der Waals surface area contributed by atoms with Crippen molar-refractivity contribution in [2.24, 2.45) is 0 Å². The molecule has 0 saturated heterocycles. The van der Waals surface area contributed by atoms with Gasteiger partial charge in [-0.3, -0.25) is 4.98 Å². The van der Waals surface area contributed by atoms with Gasteiger partial charge in [0.15, 0.2) is 0 Å². The lowest BCUT2D eigenvalue weighted by atomic mass is 10.3. The second-order valence-corrected chi connectivity index (χ2v) is 3.57. The van der Waals surface area contributed by atoms with Crippen LogP contribution in [-0.4, -0.2) is 26.8 Å². The van der Waals surface area contributed by atoms with Gasteiger partial charge in [0.25, 0.3) is 0 Å². The van der Waals surface area contributed by atoms with Crippen molar-refractivity contribution in [3.8, 4) is 0 Å². The van der Waals surface area contributed by atoms with E-state index in [1.807, 2.05) is 30.3 Å². The lowest BCUT2D eigenvalue weighted by molar-refractivity contribution is 0.870. The van der Waals surface area contributed by atoms with Crippen LogP contribution in [0.1, 0.15) is 5.56 Å².